The molecule has 2 atom stereocenters. The van der Waals surface area contributed by atoms with Crippen molar-refractivity contribution in [3.05, 3.63) is 24.3 Å². The van der Waals surface area contributed by atoms with E-state index in [1.807, 2.05) is 21.1 Å². The second-order valence-electron chi connectivity index (χ2n) is 16.1. The van der Waals surface area contributed by atoms with Gasteiger partial charge < -0.3 is 18.9 Å². The number of allylic oxidation sites excluding steroid dienone is 4. The normalized spacial score (nSPS) is 13.8. The molecule has 9 nitrogen and oxygen atoms in total. The summed E-state index contributed by atoms with van der Waals surface area (Å²) in [7, 11) is 1.47. The first-order valence-electron chi connectivity index (χ1n) is 22.1. The summed E-state index contributed by atoms with van der Waals surface area (Å²) in [4.78, 5) is 35.3. The van der Waals surface area contributed by atoms with Crippen molar-refractivity contribution < 1.29 is 42.1 Å². The van der Waals surface area contributed by atoms with Crippen LogP contribution < -0.4 is 0 Å². The van der Waals surface area contributed by atoms with Crippen molar-refractivity contribution in [3.63, 3.8) is 0 Å². The van der Waals surface area contributed by atoms with Crippen molar-refractivity contribution in [1.29, 1.82) is 0 Å². The van der Waals surface area contributed by atoms with Crippen LogP contribution in [0.1, 0.15) is 194 Å². The smallest absolute Gasteiger partial charge is 0.462 e. The van der Waals surface area contributed by atoms with Crippen LogP contribution >= 0.6 is 7.82 Å². The molecule has 0 bridgehead atoms. The second kappa shape index (κ2) is 37.1. The number of ether oxygens (including phenoxy) is 2. The summed E-state index contributed by atoms with van der Waals surface area (Å²) in [6.07, 6.45) is 39.3. The van der Waals surface area contributed by atoms with Crippen molar-refractivity contribution in [2.45, 2.75) is 200 Å². The number of quaternary nitrogens is 1. The first-order chi connectivity index (χ1) is 26.0. The van der Waals surface area contributed by atoms with Crippen molar-refractivity contribution in [2.24, 2.45) is 0 Å². The molecule has 0 heterocycles. The highest BCUT2D eigenvalue weighted by atomic mass is 31.2. The van der Waals surface area contributed by atoms with Gasteiger partial charge in [0.15, 0.2) is 6.10 Å². The van der Waals surface area contributed by atoms with Crippen LogP contribution in [0.15, 0.2) is 24.3 Å². The minimum absolute atomic E-state index is 0.0306. The van der Waals surface area contributed by atoms with E-state index < -0.39 is 26.5 Å². The quantitative estimate of drug-likeness (QED) is 0.0215. The van der Waals surface area contributed by atoms with Crippen LogP contribution in [0.2, 0.25) is 0 Å². The predicted octanol–water partition coefficient (Wildman–Crippen LogP) is 12.4. The molecule has 0 aliphatic rings. The molecule has 0 aromatic rings. The van der Waals surface area contributed by atoms with Gasteiger partial charge in [-0.05, 0) is 44.9 Å². The molecule has 0 aliphatic heterocycles. The zero-order valence-electron chi connectivity index (χ0n) is 35.7. The average Bonchev–Trinajstić information content (AvgIpc) is 3.12. The number of carbonyl (C=O) groups excluding carboxylic acids is 2. The summed E-state index contributed by atoms with van der Waals surface area (Å²) < 4.78 is 34.3. The van der Waals surface area contributed by atoms with E-state index in [0.717, 1.165) is 57.8 Å². The third-order valence-corrected chi connectivity index (χ3v) is 10.5. The van der Waals surface area contributed by atoms with Gasteiger partial charge in [0, 0.05) is 12.8 Å². The topological polar surface area (TPSA) is 108 Å². The maximum atomic E-state index is 12.7. The molecular formula is C44H85NO8P+. The van der Waals surface area contributed by atoms with Crippen LogP contribution in [0.25, 0.3) is 0 Å². The van der Waals surface area contributed by atoms with Gasteiger partial charge in [0.05, 0.1) is 27.7 Å². The Morgan fingerprint density at radius 2 is 1.00 bits per heavy atom. The van der Waals surface area contributed by atoms with E-state index in [9.17, 15) is 19.0 Å². The van der Waals surface area contributed by atoms with E-state index in [1.165, 1.54) is 103 Å². The molecule has 0 aromatic carbocycles. The van der Waals surface area contributed by atoms with Gasteiger partial charge in [-0.15, -0.1) is 0 Å². The molecule has 1 N–H and O–H groups in total. The van der Waals surface area contributed by atoms with Crippen LogP contribution in [0.4, 0.5) is 0 Å². The zero-order valence-corrected chi connectivity index (χ0v) is 36.6. The van der Waals surface area contributed by atoms with Gasteiger partial charge in [-0.25, -0.2) is 4.57 Å². The lowest BCUT2D eigenvalue weighted by Gasteiger charge is -2.24. The molecule has 0 radical (unpaired) electrons. The van der Waals surface area contributed by atoms with Gasteiger partial charge in [-0.1, -0.05) is 160 Å². The standard InChI is InChI=1S/C44H84NO8P/c1-6-8-10-12-14-16-18-20-22-23-25-27-29-31-33-35-37-44(47)53-42(41-52-54(48,49)51-39-38-45(3,4)5)40-50-43(46)36-34-32-30-28-26-24-21-19-17-15-13-11-9-7-2/h16,18,22-23,42H,6-15,17,19-21,24-41H2,1-5H3/p+1/b18-16-,23-22-. The van der Waals surface area contributed by atoms with E-state index in [4.69, 9.17) is 18.5 Å². The maximum Gasteiger partial charge on any atom is 0.472 e. The van der Waals surface area contributed by atoms with Crippen LogP contribution in [0.3, 0.4) is 0 Å². The molecule has 0 spiro atoms. The summed E-state index contributed by atoms with van der Waals surface area (Å²) in [5.74, 6) is -0.808. The fraction of sp³-hybridized carbons (Fsp3) is 0.864. The Balaban J connectivity index is 4.37. The molecule has 0 aromatic heterocycles. The summed E-state index contributed by atoms with van der Waals surface area (Å²) >= 11 is 0. The Labute approximate surface area is 332 Å². The lowest BCUT2D eigenvalue weighted by Crippen LogP contribution is -2.37. The second-order valence-corrected chi connectivity index (χ2v) is 17.5. The molecule has 0 saturated carbocycles. The molecular weight excluding hydrogens is 701 g/mol. The fourth-order valence-corrected chi connectivity index (χ4v) is 6.73. The van der Waals surface area contributed by atoms with Crippen LogP contribution in [-0.2, 0) is 32.7 Å². The zero-order chi connectivity index (χ0) is 40.0. The third kappa shape index (κ3) is 40.2. The summed E-state index contributed by atoms with van der Waals surface area (Å²) in [6.45, 7) is 4.40. The first kappa shape index (κ1) is 52.5. The van der Waals surface area contributed by atoms with Crippen molar-refractivity contribution in [3.8, 4) is 0 Å². The molecule has 0 amide bonds. The molecule has 0 aliphatic carbocycles. The number of hydrogen-bond donors (Lipinski definition) is 1. The number of hydrogen-bond acceptors (Lipinski definition) is 7. The summed E-state index contributed by atoms with van der Waals surface area (Å²) in [6, 6.07) is 0. The Hall–Kier alpha value is -1.51. The molecule has 0 saturated heterocycles. The third-order valence-electron chi connectivity index (χ3n) is 9.48. The number of likely N-dealkylation sites (N-methyl/N-ethyl adjacent to an activating group) is 1. The van der Waals surface area contributed by atoms with Crippen molar-refractivity contribution >= 4 is 19.8 Å². The molecule has 318 valence electrons. The first-order valence-corrected chi connectivity index (χ1v) is 23.6. The Bertz CT molecular complexity index is 980. The van der Waals surface area contributed by atoms with Gasteiger partial charge in [0.1, 0.15) is 19.8 Å². The van der Waals surface area contributed by atoms with Crippen molar-refractivity contribution in [1.82, 2.24) is 0 Å². The molecule has 2 unspecified atom stereocenters. The van der Waals surface area contributed by atoms with Crippen LogP contribution in [-0.4, -0.2) is 74.9 Å². The minimum Gasteiger partial charge on any atom is -0.462 e. The monoisotopic (exact) mass is 787 g/mol. The van der Waals surface area contributed by atoms with E-state index in [-0.39, 0.29) is 32.0 Å². The summed E-state index contributed by atoms with van der Waals surface area (Å²) in [5, 5.41) is 0. The molecule has 54 heavy (non-hydrogen) atoms. The van der Waals surface area contributed by atoms with Gasteiger partial charge >= 0.3 is 19.8 Å². The number of nitrogens with zero attached hydrogens (tertiary/aromatic N) is 1. The molecule has 0 rings (SSSR count). The van der Waals surface area contributed by atoms with E-state index >= 15 is 0 Å². The lowest BCUT2D eigenvalue weighted by molar-refractivity contribution is -0.870. The van der Waals surface area contributed by atoms with Crippen LogP contribution in [0, 0.1) is 0 Å². The highest BCUT2D eigenvalue weighted by Crippen LogP contribution is 2.43. The fourth-order valence-electron chi connectivity index (χ4n) is 5.99. The minimum atomic E-state index is -4.37. The Morgan fingerprint density at radius 3 is 1.48 bits per heavy atom. The van der Waals surface area contributed by atoms with E-state index in [2.05, 4.69) is 38.2 Å². The van der Waals surface area contributed by atoms with Gasteiger partial charge in [0.25, 0.3) is 0 Å². The van der Waals surface area contributed by atoms with Crippen LogP contribution in [0.5, 0.6) is 0 Å². The van der Waals surface area contributed by atoms with E-state index in [1.54, 1.807) is 0 Å². The SMILES string of the molecule is CCCCCC/C=C\C/C=C\CCCCCCCC(=O)OC(COC(=O)CCCCCCCCCCCCCCCC)COP(=O)(O)OCC[N+](C)(C)C. The number of phosphoric ester groups is 1. The van der Waals surface area contributed by atoms with Gasteiger partial charge in [0.2, 0.25) is 0 Å². The Morgan fingerprint density at radius 1 is 0.574 bits per heavy atom. The van der Waals surface area contributed by atoms with Crippen molar-refractivity contribution in [2.75, 3.05) is 47.5 Å². The van der Waals surface area contributed by atoms with Gasteiger partial charge in [-0.2, -0.15) is 0 Å². The van der Waals surface area contributed by atoms with E-state index in [0.29, 0.717) is 17.4 Å². The average molecular weight is 787 g/mol. The lowest BCUT2D eigenvalue weighted by atomic mass is 10.0. The number of phosphoric acid groups is 1. The number of unbranched alkanes of at least 4 members (excludes halogenated alkanes) is 22. The van der Waals surface area contributed by atoms with Gasteiger partial charge in [-0.3, -0.25) is 18.6 Å². The number of carbonyl (C=O) groups is 2. The highest BCUT2D eigenvalue weighted by molar-refractivity contribution is 7.47. The Kier molecular flexibility index (Phi) is 36.1. The highest BCUT2D eigenvalue weighted by Gasteiger charge is 2.27. The number of rotatable bonds is 40. The molecule has 0 fully saturated rings. The predicted molar refractivity (Wildman–Crippen MR) is 224 cm³/mol. The largest absolute Gasteiger partial charge is 0.472 e. The maximum absolute atomic E-state index is 12.7. The number of esters is 2. The summed E-state index contributed by atoms with van der Waals surface area (Å²) in [5.41, 5.74) is 0. The molecule has 10 heteroatoms.